The molecule has 0 saturated heterocycles. The summed E-state index contributed by atoms with van der Waals surface area (Å²) in [6.07, 6.45) is 1.24. The number of H-pyrrole nitrogens is 1. The van der Waals surface area contributed by atoms with Crippen LogP contribution in [-0.4, -0.2) is 24.0 Å². The van der Waals surface area contributed by atoms with Crippen LogP contribution < -0.4 is 10.9 Å². The summed E-state index contributed by atoms with van der Waals surface area (Å²) in [4.78, 5) is 37.4. The van der Waals surface area contributed by atoms with E-state index in [-0.39, 0.29) is 17.5 Å². The van der Waals surface area contributed by atoms with Crippen LogP contribution >= 0.6 is 11.6 Å². The molecule has 1 heterocycles. The van der Waals surface area contributed by atoms with Gasteiger partial charge in [0.05, 0.1) is 25.1 Å². The van der Waals surface area contributed by atoms with E-state index in [1.807, 2.05) is 0 Å². The summed E-state index contributed by atoms with van der Waals surface area (Å²) < 4.78 is 4.66. The van der Waals surface area contributed by atoms with Gasteiger partial charge < -0.3 is 15.0 Å². The molecule has 2 rings (SSSR count). The third-order valence-corrected chi connectivity index (χ3v) is 3.58. The molecule has 0 aliphatic heterocycles. The fourth-order valence-corrected chi connectivity index (χ4v) is 2.31. The highest BCUT2D eigenvalue weighted by Gasteiger charge is 2.21. The van der Waals surface area contributed by atoms with Crippen LogP contribution in [0.15, 0.2) is 47.4 Å². The van der Waals surface area contributed by atoms with Gasteiger partial charge in [-0.25, -0.2) is 0 Å². The largest absolute Gasteiger partial charge is 0.469 e. The fraction of sp³-hybridized carbons (Fsp3) is 0.188. The number of ether oxygens (including phenoxy) is 1. The van der Waals surface area contributed by atoms with Crippen molar-refractivity contribution >= 4 is 23.5 Å². The van der Waals surface area contributed by atoms with Crippen LogP contribution in [0.1, 0.15) is 28.4 Å². The van der Waals surface area contributed by atoms with Crippen LogP contribution in [0.3, 0.4) is 0 Å². The predicted octanol–water partition coefficient (Wildman–Crippen LogP) is 2.06. The van der Waals surface area contributed by atoms with E-state index >= 15 is 0 Å². The summed E-state index contributed by atoms with van der Waals surface area (Å²) in [6.45, 7) is 0. The van der Waals surface area contributed by atoms with E-state index in [2.05, 4.69) is 15.0 Å². The molecule has 23 heavy (non-hydrogen) atoms. The van der Waals surface area contributed by atoms with Gasteiger partial charge in [-0.1, -0.05) is 29.8 Å². The number of carbonyl (C=O) groups is 2. The number of pyridine rings is 1. The molecule has 1 atom stereocenters. The number of methoxy groups -OCH3 is 1. The van der Waals surface area contributed by atoms with Crippen molar-refractivity contribution in [3.63, 3.8) is 0 Å². The van der Waals surface area contributed by atoms with Crippen molar-refractivity contribution in [2.45, 2.75) is 12.5 Å². The second-order valence-corrected chi connectivity index (χ2v) is 5.18. The van der Waals surface area contributed by atoms with Gasteiger partial charge in [-0.05, 0) is 17.7 Å². The molecule has 0 aliphatic carbocycles. The van der Waals surface area contributed by atoms with Gasteiger partial charge in [-0.3, -0.25) is 14.4 Å². The van der Waals surface area contributed by atoms with Crippen LogP contribution in [0, 0.1) is 0 Å². The van der Waals surface area contributed by atoms with Gasteiger partial charge in [-0.15, -0.1) is 0 Å². The third-order valence-electron chi connectivity index (χ3n) is 3.23. The Morgan fingerprint density at radius 2 is 2.00 bits per heavy atom. The molecule has 0 fully saturated rings. The highest BCUT2D eigenvalue weighted by atomic mass is 35.5. The maximum absolute atomic E-state index is 12.3. The molecule has 1 aromatic heterocycles. The zero-order chi connectivity index (χ0) is 16.8. The molecule has 0 unspecified atom stereocenters. The number of carbonyl (C=O) groups excluding carboxylic acids is 2. The SMILES string of the molecule is COC(=O)C[C@@H](NC(=O)c1ccc(=O)[nH]c1)c1ccccc1Cl. The van der Waals surface area contributed by atoms with E-state index < -0.39 is 17.9 Å². The first-order valence-electron chi connectivity index (χ1n) is 6.82. The summed E-state index contributed by atoms with van der Waals surface area (Å²) >= 11 is 6.14. The van der Waals surface area contributed by atoms with Gasteiger partial charge in [0.2, 0.25) is 5.56 Å². The zero-order valence-electron chi connectivity index (χ0n) is 12.3. The molecule has 1 aromatic carbocycles. The van der Waals surface area contributed by atoms with Crippen molar-refractivity contribution in [3.05, 3.63) is 69.1 Å². The molecule has 0 saturated carbocycles. The van der Waals surface area contributed by atoms with E-state index in [9.17, 15) is 14.4 Å². The average molecular weight is 335 g/mol. The van der Waals surface area contributed by atoms with E-state index in [1.165, 1.54) is 25.4 Å². The van der Waals surface area contributed by atoms with Crippen molar-refractivity contribution in [2.24, 2.45) is 0 Å². The Bertz CT molecular complexity index is 752. The van der Waals surface area contributed by atoms with Crippen molar-refractivity contribution in [1.29, 1.82) is 0 Å². The lowest BCUT2D eigenvalue weighted by molar-refractivity contribution is -0.141. The second kappa shape index (κ2) is 7.60. The number of aromatic amines is 1. The Morgan fingerprint density at radius 1 is 1.26 bits per heavy atom. The molecule has 1 amide bonds. The first-order valence-corrected chi connectivity index (χ1v) is 7.20. The second-order valence-electron chi connectivity index (χ2n) is 4.77. The quantitative estimate of drug-likeness (QED) is 0.819. The average Bonchev–Trinajstić information content (AvgIpc) is 2.55. The smallest absolute Gasteiger partial charge is 0.307 e. The van der Waals surface area contributed by atoms with Crippen LogP contribution in [-0.2, 0) is 9.53 Å². The summed E-state index contributed by atoms with van der Waals surface area (Å²) in [5, 5.41) is 3.16. The molecule has 0 radical (unpaired) electrons. The van der Waals surface area contributed by atoms with E-state index in [0.29, 0.717) is 10.6 Å². The number of rotatable bonds is 5. The minimum atomic E-state index is -0.643. The van der Waals surface area contributed by atoms with E-state index in [0.717, 1.165) is 0 Å². The van der Waals surface area contributed by atoms with Gasteiger partial charge in [0.1, 0.15) is 0 Å². The zero-order valence-corrected chi connectivity index (χ0v) is 13.1. The monoisotopic (exact) mass is 334 g/mol. The van der Waals surface area contributed by atoms with Crippen molar-refractivity contribution in [2.75, 3.05) is 7.11 Å². The molecular formula is C16H15ClN2O4. The number of hydrogen-bond acceptors (Lipinski definition) is 4. The lowest BCUT2D eigenvalue weighted by Crippen LogP contribution is -2.31. The van der Waals surface area contributed by atoms with Crippen molar-refractivity contribution in [3.8, 4) is 0 Å². The molecular weight excluding hydrogens is 320 g/mol. The maximum Gasteiger partial charge on any atom is 0.307 e. The Hall–Kier alpha value is -2.60. The first-order chi connectivity index (χ1) is 11.0. The number of esters is 1. The predicted molar refractivity (Wildman–Crippen MR) is 85.4 cm³/mol. The first kappa shape index (κ1) is 16.8. The summed E-state index contributed by atoms with van der Waals surface area (Å²) in [5.74, 6) is -0.910. The normalized spacial score (nSPS) is 11.6. The standard InChI is InChI=1S/C16H15ClN2O4/c1-23-15(21)8-13(11-4-2-3-5-12(11)17)19-16(22)10-6-7-14(20)18-9-10/h2-7,9,13H,8H2,1H3,(H,18,20)(H,19,22)/t13-/m1/s1. The molecule has 2 aromatic rings. The minimum absolute atomic E-state index is 0.0602. The van der Waals surface area contributed by atoms with Crippen LogP contribution in [0.4, 0.5) is 0 Å². The van der Waals surface area contributed by atoms with Crippen LogP contribution in [0.5, 0.6) is 0 Å². The van der Waals surface area contributed by atoms with Crippen LogP contribution in [0.2, 0.25) is 5.02 Å². The number of halogens is 1. The summed E-state index contributed by atoms with van der Waals surface area (Å²) in [7, 11) is 1.27. The Kier molecular flexibility index (Phi) is 5.54. The molecule has 0 bridgehead atoms. The number of benzene rings is 1. The van der Waals surface area contributed by atoms with Gasteiger partial charge >= 0.3 is 5.97 Å². The lowest BCUT2D eigenvalue weighted by Gasteiger charge is -2.19. The molecule has 6 nitrogen and oxygen atoms in total. The number of nitrogens with one attached hydrogen (secondary N) is 2. The summed E-state index contributed by atoms with van der Waals surface area (Å²) in [5.41, 5.74) is 0.572. The van der Waals surface area contributed by atoms with Gasteiger partial charge in [0.25, 0.3) is 5.91 Å². The highest BCUT2D eigenvalue weighted by molar-refractivity contribution is 6.31. The Balaban J connectivity index is 2.25. The van der Waals surface area contributed by atoms with Crippen molar-refractivity contribution in [1.82, 2.24) is 10.3 Å². The maximum atomic E-state index is 12.3. The fourth-order valence-electron chi connectivity index (χ4n) is 2.04. The lowest BCUT2D eigenvalue weighted by atomic mass is 10.0. The van der Waals surface area contributed by atoms with Crippen molar-refractivity contribution < 1.29 is 14.3 Å². The summed E-state index contributed by atoms with van der Waals surface area (Å²) in [6, 6.07) is 8.92. The number of aromatic nitrogens is 1. The topological polar surface area (TPSA) is 88.3 Å². The van der Waals surface area contributed by atoms with Gasteiger partial charge in [0, 0.05) is 17.3 Å². The molecule has 2 N–H and O–H groups in total. The Labute approximate surface area is 137 Å². The molecule has 0 aliphatic rings. The number of hydrogen-bond donors (Lipinski definition) is 2. The minimum Gasteiger partial charge on any atom is -0.469 e. The van der Waals surface area contributed by atoms with Crippen LogP contribution in [0.25, 0.3) is 0 Å². The van der Waals surface area contributed by atoms with Gasteiger partial charge in [-0.2, -0.15) is 0 Å². The van der Waals surface area contributed by atoms with Gasteiger partial charge in [0.15, 0.2) is 0 Å². The highest BCUT2D eigenvalue weighted by Crippen LogP contribution is 2.25. The molecule has 0 spiro atoms. The third kappa shape index (κ3) is 4.43. The van der Waals surface area contributed by atoms with E-state index in [4.69, 9.17) is 11.6 Å². The number of amides is 1. The molecule has 120 valence electrons. The molecule has 7 heteroatoms. The Morgan fingerprint density at radius 3 is 2.61 bits per heavy atom. The van der Waals surface area contributed by atoms with E-state index in [1.54, 1.807) is 24.3 Å².